The van der Waals surface area contributed by atoms with Gasteiger partial charge in [0.25, 0.3) is 0 Å². The predicted molar refractivity (Wildman–Crippen MR) is 35.9 cm³/mol. The molecule has 0 bridgehead atoms. The second-order valence-electron chi connectivity index (χ2n) is 2.04. The van der Waals surface area contributed by atoms with Crippen molar-refractivity contribution in [3.05, 3.63) is 24.4 Å². The molecule has 0 spiro atoms. The fraction of sp³-hybridized carbons (Fsp3) is 0.286. The van der Waals surface area contributed by atoms with Crippen LogP contribution in [0, 0.1) is 5.92 Å². The summed E-state index contributed by atoms with van der Waals surface area (Å²) in [7, 11) is 0. The van der Waals surface area contributed by atoms with Gasteiger partial charge in [0, 0.05) is 12.1 Å². The molecule has 0 aliphatic carbocycles. The van der Waals surface area contributed by atoms with Gasteiger partial charge in [0.05, 0.1) is 5.70 Å². The molecular formula is C7H9N. The van der Waals surface area contributed by atoms with Crippen molar-refractivity contribution in [1.29, 1.82) is 0 Å². The third-order valence-electron chi connectivity index (χ3n) is 1.37. The van der Waals surface area contributed by atoms with Crippen LogP contribution in [0.15, 0.2) is 29.4 Å². The monoisotopic (exact) mass is 107 g/mol. The van der Waals surface area contributed by atoms with Gasteiger partial charge in [-0.3, -0.25) is 4.99 Å². The molecule has 1 heterocycles. The minimum absolute atomic E-state index is 0.405. The first-order chi connectivity index (χ1) is 3.72. The van der Waals surface area contributed by atoms with Crippen molar-refractivity contribution in [2.45, 2.75) is 6.92 Å². The number of nitrogens with zero attached hydrogens (tertiary/aromatic N) is 1. The quantitative estimate of drug-likeness (QED) is 0.447. The van der Waals surface area contributed by atoms with Gasteiger partial charge in [-0.15, -0.1) is 0 Å². The molecule has 1 unspecified atom stereocenters. The molecule has 0 radical (unpaired) electrons. The summed E-state index contributed by atoms with van der Waals surface area (Å²) in [6.45, 7) is 9.54. The van der Waals surface area contributed by atoms with Crippen LogP contribution in [0.3, 0.4) is 0 Å². The van der Waals surface area contributed by atoms with Crippen molar-refractivity contribution in [3.63, 3.8) is 0 Å². The fourth-order valence-electron chi connectivity index (χ4n) is 0.637. The van der Waals surface area contributed by atoms with E-state index >= 15 is 0 Å². The summed E-state index contributed by atoms with van der Waals surface area (Å²) in [6, 6.07) is 0. The Balaban J connectivity index is 2.85. The van der Waals surface area contributed by atoms with Crippen molar-refractivity contribution in [2.75, 3.05) is 0 Å². The number of aliphatic imine (C=N–C) groups is 1. The molecule has 42 valence electrons. The van der Waals surface area contributed by atoms with Crippen molar-refractivity contribution in [1.82, 2.24) is 0 Å². The maximum atomic E-state index is 3.98. The molecule has 1 aliphatic rings. The van der Waals surface area contributed by atoms with Gasteiger partial charge in [-0.1, -0.05) is 20.1 Å². The second kappa shape index (κ2) is 1.58. The van der Waals surface area contributed by atoms with Gasteiger partial charge in [-0.05, 0) is 5.57 Å². The van der Waals surface area contributed by atoms with Crippen LogP contribution in [0.4, 0.5) is 0 Å². The molecule has 0 saturated heterocycles. The van der Waals surface area contributed by atoms with Crippen LogP contribution in [0.2, 0.25) is 0 Å². The van der Waals surface area contributed by atoms with E-state index in [1.807, 2.05) is 6.21 Å². The zero-order valence-corrected chi connectivity index (χ0v) is 5.02. The highest BCUT2D eigenvalue weighted by Gasteiger charge is 2.11. The maximum absolute atomic E-state index is 3.98. The Hall–Kier alpha value is -0.850. The highest BCUT2D eigenvalue weighted by Crippen LogP contribution is 2.21. The van der Waals surface area contributed by atoms with Gasteiger partial charge in [0.1, 0.15) is 0 Å². The van der Waals surface area contributed by atoms with Gasteiger partial charge >= 0.3 is 0 Å². The fourth-order valence-corrected chi connectivity index (χ4v) is 0.637. The Kier molecular flexibility index (Phi) is 1.05. The first-order valence-electron chi connectivity index (χ1n) is 2.64. The molecule has 1 heteroatoms. The number of hydrogen-bond acceptors (Lipinski definition) is 1. The molecule has 1 atom stereocenters. The molecule has 0 N–H and O–H groups in total. The summed E-state index contributed by atoms with van der Waals surface area (Å²) in [6.07, 6.45) is 1.87. The second-order valence-corrected chi connectivity index (χ2v) is 2.04. The third kappa shape index (κ3) is 0.601. The average Bonchev–Trinajstić information content (AvgIpc) is 1.98. The lowest BCUT2D eigenvalue weighted by Gasteiger charge is -1.96. The average molecular weight is 107 g/mol. The van der Waals surface area contributed by atoms with Crippen molar-refractivity contribution >= 4 is 6.21 Å². The smallest absolute Gasteiger partial charge is 0.0586 e. The van der Waals surface area contributed by atoms with E-state index in [2.05, 4.69) is 25.1 Å². The van der Waals surface area contributed by atoms with E-state index in [1.165, 1.54) is 0 Å². The molecule has 0 aromatic carbocycles. The minimum atomic E-state index is 0.405. The van der Waals surface area contributed by atoms with Crippen LogP contribution < -0.4 is 0 Å². The summed E-state index contributed by atoms with van der Waals surface area (Å²) in [5.74, 6) is 0.405. The zero-order valence-electron chi connectivity index (χ0n) is 5.02. The van der Waals surface area contributed by atoms with Gasteiger partial charge in [-0.25, -0.2) is 0 Å². The zero-order chi connectivity index (χ0) is 6.15. The molecular weight excluding hydrogens is 98.1 g/mol. The molecule has 1 rings (SSSR count). The van der Waals surface area contributed by atoms with Gasteiger partial charge in [0.15, 0.2) is 0 Å². The Morgan fingerprint density at radius 1 is 1.62 bits per heavy atom. The standard InChI is InChI=1S/C7H9N/c1-5-4-8-7(3)6(5)2/h4-5H,2-3H2,1H3. The van der Waals surface area contributed by atoms with Gasteiger partial charge in [0.2, 0.25) is 0 Å². The largest absolute Gasteiger partial charge is 0.261 e. The first-order valence-corrected chi connectivity index (χ1v) is 2.64. The maximum Gasteiger partial charge on any atom is 0.0586 e. The molecule has 1 aliphatic heterocycles. The summed E-state index contributed by atoms with van der Waals surface area (Å²) < 4.78 is 0. The molecule has 8 heavy (non-hydrogen) atoms. The van der Waals surface area contributed by atoms with Crippen LogP contribution in [-0.2, 0) is 0 Å². The number of hydrogen-bond donors (Lipinski definition) is 0. The Bertz CT molecular complexity index is 165. The normalized spacial score (nSPS) is 27.4. The Morgan fingerprint density at radius 2 is 2.25 bits per heavy atom. The highest BCUT2D eigenvalue weighted by atomic mass is 14.8. The van der Waals surface area contributed by atoms with Crippen LogP contribution in [0.5, 0.6) is 0 Å². The van der Waals surface area contributed by atoms with Crippen LogP contribution in [-0.4, -0.2) is 6.21 Å². The Morgan fingerprint density at radius 3 is 2.38 bits per heavy atom. The summed E-state index contributed by atoms with van der Waals surface area (Å²) in [4.78, 5) is 3.98. The van der Waals surface area contributed by atoms with Crippen molar-refractivity contribution < 1.29 is 0 Å². The number of rotatable bonds is 0. The predicted octanol–water partition coefficient (Wildman–Crippen LogP) is 1.78. The SMILES string of the molecule is C=C1N=CC(C)C1=C. The lowest BCUT2D eigenvalue weighted by Crippen LogP contribution is -1.90. The lowest BCUT2D eigenvalue weighted by atomic mass is 10.1. The van der Waals surface area contributed by atoms with E-state index in [1.54, 1.807) is 0 Å². The molecule has 0 saturated carbocycles. The Labute approximate surface area is 49.4 Å². The van der Waals surface area contributed by atoms with Crippen molar-refractivity contribution in [2.24, 2.45) is 10.9 Å². The molecule has 0 aromatic heterocycles. The van der Waals surface area contributed by atoms with Crippen LogP contribution in [0.25, 0.3) is 0 Å². The van der Waals surface area contributed by atoms with Gasteiger partial charge in [-0.2, -0.15) is 0 Å². The number of allylic oxidation sites excluding steroid dienone is 1. The lowest BCUT2D eigenvalue weighted by molar-refractivity contribution is 0.992. The van der Waals surface area contributed by atoms with E-state index < -0.39 is 0 Å². The van der Waals surface area contributed by atoms with E-state index in [0.717, 1.165) is 11.3 Å². The summed E-state index contributed by atoms with van der Waals surface area (Å²) >= 11 is 0. The highest BCUT2D eigenvalue weighted by molar-refractivity contribution is 5.73. The van der Waals surface area contributed by atoms with Crippen LogP contribution in [0.1, 0.15) is 6.92 Å². The van der Waals surface area contributed by atoms with E-state index in [0.29, 0.717) is 5.92 Å². The molecule has 0 fully saturated rings. The van der Waals surface area contributed by atoms with Crippen molar-refractivity contribution in [3.8, 4) is 0 Å². The minimum Gasteiger partial charge on any atom is -0.261 e. The molecule has 0 aromatic rings. The molecule has 1 nitrogen and oxygen atoms in total. The van der Waals surface area contributed by atoms with E-state index in [-0.39, 0.29) is 0 Å². The summed E-state index contributed by atoms with van der Waals surface area (Å²) in [5, 5.41) is 0. The summed E-state index contributed by atoms with van der Waals surface area (Å²) in [5.41, 5.74) is 1.88. The van der Waals surface area contributed by atoms with E-state index in [4.69, 9.17) is 0 Å². The van der Waals surface area contributed by atoms with Gasteiger partial charge < -0.3 is 0 Å². The van der Waals surface area contributed by atoms with Crippen LogP contribution >= 0.6 is 0 Å². The topological polar surface area (TPSA) is 12.4 Å². The first kappa shape index (κ1) is 5.29. The van der Waals surface area contributed by atoms with E-state index in [9.17, 15) is 0 Å². The third-order valence-corrected chi connectivity index (χ3v) is 1.37. The molecule has 0 amide bonds.